The maximum absolute atomic E-state index is 13.1. The van der Waals surface area contributed by atoms with Crippen molar-refractivity contribution in [3.8, 4) is 5.75 Å². The highest BCUT2D eigenvalue weighted by atomic mass is 16.5. The number of benzene rings is 2. The molecular weight excluding hydrogens is 324 g/mol. The lowest BCUT2D eigenvalue weighted by Gasteiger charge is -2.27. The lowest BCUT2D eigenvalue weighted by molar-refractivity contribution is -0.122. The Labute approximate surface area is 156 Å². The molecule has 3 rings (SSSR count). The van der Waals surface area contributed by atoms with Crippen molar-refractivity contribution in [3.63, 3.8) is 0 Å². The topological polar surface area (TPSA) is 50.4 Å². The van der Waals surface area contributed by atoms with Crippen LogP contribution in [0.4, 0.5) is 5.69 Å². The van der Waals surface area contributed by atoms with Gasteiger partial charge in [0.1, 0.15) is 11.8 Å². The molecule has 0 unspecified atom stereocenters. The zero-order valence-corrected chi connectivity index (χ0v) is 15.6. The number of hydrogen-bond donors (Lipinski definition) is 2. The minimum absolute atomic E-state index is 0.0311. The van der Waals surface area contributed by atoms with E-state index >= 15 is 0 Å². The first kappa shape index (κ1) is 18.3. The Morgan fingerprint density at radius 1 is 1.08 bits per heavy atom. The third kappa shape index (κ3) is 4.78. The van der Waals surface area contributed by atoms with Gasteiger partial charge in [-0.3, -0.25) is 4.79 Å². The van der Waals surface area contributed by atoms with Crippen LogP contribution in [0.1, 0.15) is 49.3 Å². The molecule has 0 radical (unpaired) electrons. The summed E-state index contributed by atoms with van der Waals surface area (Å²) in [5, 5.41) is 6.66. The zero-order valence-electron chi connectivity index (χ0n) is 15.6. The fourth-order valence-electron chi connectivity index (χ4n) is 3.53. The van der Waals surface area contributed by atoms with E-state index in [4.69, 9.17) is 4.74 Å². The van der Waals surface area contributed by atoms with E-state index in [2.05, 4.69) is 29.7 Å². The normalized spacial score (nSPS) is 15.9. The average Bonchev–Trinajstić information content (AvgIpc) is 2.67. The molecule has 2 aromatic rings. The molecule has 0 spiro atoms. The number of amides is 1. The molecular formula is C22H28N2O2. The Hall–Kier alpha value is -2.49. The van der Waals surface area contributed by atoms with Crippen molar-refractivity contribution in [1.29, 1.82) is 0 Å². The fraction of sp³-hybridized carbons (Fsp3) is 0.409. The molecule has 4 nitrogen and oxygen atoms in total. The minimum atomic E-state index is -0.426. The summed E-state index contributed by atoms with van der Waals surface area (Å²) in [4.78, 5) is 13.1. The van der Waals surface area contributed by atoms with Crippen molar-refractivity contribution in [2.45, 2.75) is 51.1 Å². The van der Waals surface area contributed by atoms with Crippen molar-refractivity contribution >= 4 is 11.6 Å². The van der Waals surface area contributed by atoms with E-state index in [1.54, 1.807) is 7.11 Å². The van der Waals surface area contributed by atoms with E-state index in [-0.39, 0.29) is 11.9 Å². The van der Waals surface area contributed by atoms with E-state index in [0.717, 1.165) is 35.4 Å². The van der Waals surface area contributed by atoms with Crippen LogP contribution in [0.3, 0.4) is 0 Å². The van der Waals surface area contributed by atoms with Crippen molar-refractivity contribution in [2.24, 2.45) is 0 Å². The van der Waals surface area contributed by atoms with Gasteiger partial charge in [-0.25, -0.2) is 0 Å². The van der Waals surface area contributed by atoms with Gasteiger partial charge in [-0.1, -0.05) is 43.5 Å². The van der Waals surface area contributed by atoms with Crippen LogP contribution < -0.4 is 15.4 Å². The quantitative estimate of drug-likeness (QED) is 0.798. The number of methoxy groups -OCH3 is 1. The highest BCUT2D eigenvalue weighted by Gasteiger charge is 2.24. The Morgan fingerprint density at radius 3 is 2.46 bits per heavy atom. The SMILES string of the molecule is COc1ccc([C@@H](Nc2cccc(C)c2)C(=O)NC2CCCCC2)cc1. The fourth-order valence-corrected chi connectivity index (χ4v) is 3.53. The number of anilines is 1. The number of aryl methyl sites for hydroxylation is 1. The summed E-state index contributed by atoms with van der Waals surface area (Å²) >= 11 is 0. The standard InChI is InChI=1S/C22H28N2O2/c1-16-7-6-10-19(15-16)23-21(17-11-13-20(26-2)14-12-17)22(25)24-18-8-4-3-5-9-18/h6-7,10-15,18,21,23H,3-5,8-9H2,1-2H3,(H,24,25)/t21-/m1/s1. The highest BCUT2D eigenvalue weighted by Crippen LogP contribution is 2.24. The minimum Gasteiger partial charge on any atom is -0.497 e. The zero-order chi connectivity index (χ0) is 18.4. The molecule has 138 valence electrons. The third-order valence-electron chi connectivity index (χ3n) is 4.99. The summed E-state index contributed by atoms with van der Waals surface area (Å²) in [5.41, 5.74) is 3.04. The van der Waals surface area contributed by atoms with Gasteiger partial charge in [0.15, 0.2) is 0 Å². The molecule has 1 aliphatic rings. The molecule has 1 amide bonds. The largest absolute Gasteiger partial charge is 0.497 e. The summed E-state index contributed by atoms with van der Waals surface area (Å²) in [7, 11) is 1.65. The number of nitrogens with one attached hydrogen (secondary N) is 2. The average molecular weight is 352 g/mol. The van der Waals surface area contributed by atoms with Crippen molar-refractivity contribution in [3.05, 3.63) is 59.7 Å². The van der Waals surface area contributed by atoms with Gasteiger partial charge in [0, 0.05) is 11.7 Å². The Bertz CT molecular complexity index is 721. The summed E-state index contributed by atoms with van der Waals surface area (Å²) < 4.78 is 5.24. The van der Waals surface area contributed by atoms with Crippen LogP contribution in [0.25, 0.3) is 0 Å². The number of ether oxygens (including phenoxy) is 1. The molecule has 1 aliphatic carbocycles. The second kappa shape index (κ2) is 8.75. The summed E-state index contributed by atoms with van der Waals surface area (Å²) in [5.74, 6) is 0.819. The first-order chi connectivity index (χ1) is 12.7. The van der Waals surface area contributed by atoms with Gasteiger partial charge in [0.2, 0.25) is 5.91 Å². The van der Waals surface area contributed by atoms with Crippen LogP contribution in [0, 0.1) is 6.92 Å². The van der Waals surface area contributed by atoms with Crippen molar-refractivity contribution in [1.82, 2.24) is 5.32 Å². The molecule has 0 bridgehead atoms. The molecule has 0 saturated heterocycles. The van der Waals surface area contributed by atoms with E-state index in [1.807, 2.05) is 36.4 Å². The van der Waals surface area contributed by atoms with Gasteiger partial charge in [0.05, 0.1) is 7.11 Å². The maximum Gasteiger partial charge on any atom is 0.247 e. The molecule has 2 N–H and O–H groups in total. The van der Waals surface area contributed by atoms with Gasteiger partial charge >= 0.3 is 0 Å². The van der Waals surface area contributed by atoms with Crippen molar-refractivity contribution in [2.75, 3.05) is 12.4 Å². The third-order valence-corrected chi connectivity index (χ3v) is 4.99. The number of hydrogen-bond acceptors (Lipinski definition) is 3. The molecule has 26 heavy (non-hydrogen) atoms. The first-order valence-corrected chi connectivity index (χ1v) is 9.43. The first-order valence-electron chi connectivity index (χ1n) is 9.43. The van der Waals surface area contributed by atoms with Crippen LogP contribution in [0.15, 0.2) is 48.5 Å². The molecule has 0 heterocycles. The summed E-state index contributed by atoms with van der Waals surface area (Å²) in [6.07, 6.45) is 5.82. The molecule has 2 aromatic carbocycles. The van der Waals surface area contributed by atoms with E-state index in [0.29, 0.717) is 0 Å². The van der Waals surface area contributed by atoms with Gasteiger partial charge < -0.3 is 15.4 Å². The Morgan fingerprint density at radius 2 is 1.81 bits per heavy atom. The second-order valence-electron chi connectivity index (χ2n) is 7.06. The van der Waals surface area contributed by atoms with Crippen LogP contribution in [-0.2, 0) is 4.79 Å². The van der Waals surface area contributed by atoms with E-state index in [1.165, 1.54) is 19.3 Å². The van der Waals surface area contributed by atoms with Crippen LogP contribution in [0.2, 0.25) is 0 Å². The number of carbonyl (C=O) groups is 1. The molecule has 1 atom stereocenters. The van der Waals surface area contributed by atoms with Crippen LogP contribution >= 0.6 is 0 Å². The number of rotatable bonds is 6. The summed E-state index contributed by atoms with van der Waals surface area (Å²) in [6.45, 7) is 2.05. The van der Waals surface area contributed by atoms with Gasteiger partial charge in [-0.2, -0.15) is 0 Å². The highest BCUT2D eigenvalue weighted by molar-refractivity contribution is 5.86. The lowest BCUT2D eigenvalue weighted by atomic mass is 9.95. The Balaban J connectivity index is 1.80. The summed E-state index contributed by atoms with van der Waals surface area (Å²) in [6, 6.07) is 15.7. The smallest absolute Gasteiger partial charge is 0.247 e. The predicted octanol–water partition coefficient (Wildman–Crippen LogP) is 4.61. The maximum atomic E-state index is 13.1. The molecule has 1 fully saturated rings. The second-order valence-corrected chi connectivity index (χ2v) is 7.06. The number of carbonyl (C=O) groups excluding carboxylic acids is 1. The molecule has 1 saturated carbocycles. The molecule has 0 aliphatic heterocycles. The predicted molar refractivity (Wildman–Crippen MR) is 106 cm³/mol. The lowest BCUT2D eigenvalue weighted by Crippen LogP contribution is -2.41. The van der Waals surface area contributed by atoms with Gasteiger partial charge in [0.25, 0.3) is 0 Å². The molecule has 4 heteroatoms. The van der Waals surface area contributed by atoms with Crippen molar-refractivity contribution < 1.29 is 9.53 Å². The Kier molecular flexibility index (Phi) is 6.16. The van der Waals surface area contributed by atoms with Gasteiger partial charge in [-0.15, -0.1) is 0 Å². The van der Waals surface area contributed by atoms with Crippen LogP contribution in [-0.4, -0.2) is 19.1 Å². The van der Waals surface area contributed by atoms with Crippen LogP contribution in [0.5, 0.6) is 5.75 Å². The van der Waals surface area contributed by atoms with Gasteiger partial charge in [-0.05, 0) is 55.2 Å². The van der Waals surface area contributed by atoms with E-state index in [9.17, 15) is 4.79 Å². The van der Waals surface area contributed by atoms with E-state index < -0.39 is 6.04 Å². The molecule has 0 aromatic heterocycles. The monoisotopic (exact) mass is 352 g/mol.